The van der Waals surface area contributed by atoms with E-state index in [1.807, 2.05) is 36.4 Å². The Labute approximate surface area is 141 Å². The zero-order chi connectivity index (χ0) is 17.9. The van der Waals surface area contributed by atoms with Crippen molar-refractivity contribution < 1.29 is 9.72 Å². The molecule has 0 atom stereocenters. The van der Waals surface area contributed by atoms with E-state index in [4.69, 9.17) is 0 Å². The molecule has 6 nitrogen and oxygen atoms in total. The zero-order valence-corrected chi connectivity index (χ0v) is 14.6. The number of aryl methyl sites for hydroxylation is 1. The first-order chi connectivity index (χ1) is 11.3. The van der Waals surface area contributed by atoms with Crippen molar-refractivity contribution in [2.24, 2.45) is 0 Å². The molecule has 2 rings (SSSR count). The third-order valence-corrected chi connectivity index (χ3v) is 4.07. The summed E-state index contributed by atoms with van der Waals surface area (Å²) in [5.74, 6) is 0.0900. The molecule has 6 heteroatoms. The average molecular weight is 329 g/mol. The van der Waals surface area contributed by atoms with E-state index in [0.717, 1.165) is 30.0 Å². The van der Waals surface area contributed by atoms with E-state index in [9.17, 15) is 14.9 Å². The Kier molecular flexibility index (Phi) is 5.51. The van der Waals surface area contributed by atoms with Crippen LogP contribution in [0.3, 0.4) is 0 Å². The van der Waals surface area contributed by atoms with Crippen molar-refractivity contribution in [1.82, 2.24) is 9.47 Å². The molecule has 1 heterocycles. The predicted octanol–water partition coefficient (Wildman–Crippen LogP) is 3.53. The number of nitrogens with zero attached hydrogens (tertiary/aromatic N) is 3. The lowest BCUT2D eigenvalue weighted by atomic mass is 10.1. The number of benzene rings is 1. The molecule has 0 unspecified atom stereocenters. The van der Waals surface area contributed by atoms with Crippen molar-refractivity contribution in [3.8, 4) is 5.69 Å². The van der Waals surface area contributed by atoms with Gasteiger partial charge in [0, 0.05) is 34.8 Å². The second kappa shape index (κ2) is 7.40. The van der Waals surface area contributed by atoms with Gasteiger partial charge in [0.15, 0.2) is 5.78 Å². The standard InChI is InChI=1S/C18H23N3O3/c1-5-10-19(4)12-18(22)17-11-13(2)20(14(17)3)15-6-8-16(9-7-15)21(23)24/h6-9,11H,5,10,12H2,1-4H3. The molecular weight excluding hydrogens is 306 g/mol. The lowest BCUT2D eigenvalue weighted by Crippen LogP contribution is -2.26. The van der Waals surface area contributed by atoms with Crippen molar-refractivity contribution in [3.05, 3.63) is 57.4 Å². The van der Waals surface area contributed by atoms with Crippen LogP contribution in [0.15, 0.2) is 30.3 Å². The fourth-order valence-corrected chi connectivity index (χ4v) is 2.96. The summed E-state index contributed by atoms with van der Waals surface area (Å²) >= 11 is 0. The average Bonchev–Trinajstić information content (AvgIpc) is 2.82. The van der Waals surface area contributed by atoms with E-state index >= 15 is 0 Å². The quantitative estimate of drug-likeness (QED) is 0.443. The molecule has 1 aromatic carbocycles. The fraction of sp³-hybridized carbons (Fsp3) is 0.389. The van der Waals surface area contributed by atoms with Gasteiger partial charge in [-0.25, -0.2) is 0 Å². The highest BCUT2D eigenvalue weighted by atomic mass is 16.6. The summed E-state index contributed by atoms with van der Waals surface area (Å²) in [5, 5.41) is 10.8. The van der Waals surface area contributed by atoms with Gasteiger partial charge in [-0.05, 0) is 52.1 Å². The van der Waals surface area contributed by atoms with Crippen molar-refractivity contribution in [3.63, 3.8) is 0 Å². The molecular formula is C18H23N3O3. The van der Waals surface area contributed by atoms with Crippen LogP contribution in [0.1, 0.15) is 35.1 Å². The number of carbonyl (C=O) groups is 1. The van der Waals surface area contributed by atoms with Gasteiger partial charge in [0.25, 0.3) is 5.69 Å². The maximum atomic E-state index is 12.5. The molecule has 0 saturated heterocycles. The number of hydrogen-bond acceptors (Lipinski definition) is 4. The van der Waals surface area contributed by atoms with Crippen LogP contribution in [0, 0.1) is 24.0 Å². The van der Waals surface area contributed by atoms with Crippen LogP contribution in [0.5, 0.6) is 0 Å². The highest BCUT2D eigenvalue weighted by Crippen LogP contribution is 2.23. The minimum absolute atomic E-state index is 0.0544. The molecule has 0 radical (unpaired) electrons. The van der Waals surface area contributed by atoms with Gasteiger partial charge in [0.05, 0.1) is 11.5 Å². The lowest BCUT2D eigenvalue weighted by Gasteiger charge is -2.14. The number of non-ortho nitro benzene ring substituents is 1. The van der Waals surface area contributed by atoms with Crippen molar-refractivity contribution >= 4 is 11.5 Å². The summed E-state index contributed by atoms with van der Waals surface area (Å²) in [6, 6.07) is 8.25. The van der Waals surface area contributed by atoms with Gasteiger partial charge in [-0.3, -0.25) is 19.8 Å². The van der Waals surface area contributed by atoms with Crippen LogP contribution in [0.4, 0.5) is 5.69 Å². The number of nitro benzene ring substituents is 1. The third kappa shape index (κ3) is 3.71. The highest BCUT2D eigenvalue weighted by molar-refractivity contribution is 5.99. The van der Waals surface area contributed by atoms with Crippen LogP contribution >= 0.6 is 0 Å². The minimum Gasteiger partial charge on any atom is -0.318 e. The number of hydrogen-bond donors (Lipinski definition) is 0. The first kappa shape index (κ1) is 17.9. The smallest absolute Gasteiger partial charge is 0.269 e. The van der Waals surface area contributed by atoms with E-state index in [1.54, 1.807) is 12.1 Å². The largest absolute Gasteiger partial charge is 0.318 e. The monoisotopic (exact) mass is 329 g/mol. The summed E-state index contributed by atoms with van der Waals surface area (Å²) < 4.78 is 1.96. The highest BCUT2D eigenvalue weighted by Gasteiger charge is 2.18. The molecule has 24 heavy (non-hydrogen) atoms. The molecule has 0 bridgehead atoms. The van der Waals surface area contributed by atoms with Crippen molar-refractivity contribution in [2.75, 3.05) is 20.1 Å². The Morgan fingerprint density at radius 2 is 1.88 bits per heavy atom. The summed E-state index contributed by atoms with van der Waals surface area (Å²) in [6.45, 7) is 7.19. The van der Waals surface area contributed by atoms with Crippen molar-refractivity contribution in [2.45, 2.75) is 27.2 Å². The fourth-order valence-electron chi connectivity index (χ4n) is 2.96. The van der Waals surface area contributed by atoms with E-state index in [-0.39, 0.29) is 11.5 Å². The summed E-state index contributed by atoms with van der Waals surface area (Å²) in [6.07, 6.45) is 1.01. The second-order valence-electron chi connectivity index (χ2n) is 6.05. The number of aromatic nitrogens is 1. The normalized spacial score (nSPS) is 11.0. The van der Waals surface area contributed by atoms with Gasteiger partial charge in [-0.2, -0.15) is 0 Å². The molecule has 0 N–H and O–H groups in total. The first-order valence-electron chi connectivity index (χ1n) is 8.00. The molecule has 0 spiro atoms. The zero-order valence-electron chi connectivity index (χ0n) is 14.6. The van der Waals surface area contributed by atoms with E-state index in [2.05, 4.69) is 6.92 Å². The molecule has 0 aliphatic rings. The topological polar surface area (TPSA) is 68.4 Å². The van der Waals surface area contributed by atoms with Gasteiger partial charge < -0.3 is 4.57 Å². The third-order valence-electron chi connectivity index (χ3n) is 4.07. The number of likely N-dealkylation sites (N-methyl/N-ethyl adjacent to an activating group) is 1. The van der Waals surface area contributed by atoms with Gasteiger partial charge in [-0.15, -0.1) is 0 Å². The second-order valence-corrected chi connectivity index (χ2v) is 6.05. The van der Waals surface area contributed by atoms with E-state index in [0.29, 0.717) is 12.1 Å². The van der Waals surface area contributed by atoms with Gasteiger partial charge in [0.1, 0.15) is 0 Å². The Balaban J connectivity index is 2.31. The molecule has 128 valence electrons. The number of nitro groups is 1. The molecule has 0 aliphatic carbocycles. The Morgan fingerprint density at radius 3 is 2.42 bits per heavy atom. The predicted molar refractivity (Wildman–Crippen MR) is 94.0 cm³/mol. The first-order valence-corrected chi connectivity index (χ1v) is 8.00. The van der Waals surface area contributed by atoms with E-state index in [1.165, 1.54) is 12.1 Å². The molecule has 0 aliphatic heterocycles. The Morgan fingerprint density at radius 1 is 1.25 bits per heavy atom. The number of Topliss-reactive ketones (excluding diaryl/α,β-unsaturated/α-hetero) is 1. The SMILES string of the molecule is CCCN(C)CC(=O)c1cc(C)n(-c2ccc([N+](=O)[O-])cc2)c1C. The number of ketones is 1. The number of rotatable bonds is 7. The van der Waals surface area contributed by atoms with Crippen LogP contribution < -0.4 is 0 Å². The summed E-state index contributed by atoms with van der Waals surface area (Å²) in [5.41, 5.74) is 3.36. The molecule has 1 aromatic heterocycles. The molecule has 0 saturated carbocycles. The Bertz CT molecular complexity index is 748. The van der Waals surface area contributed by atoms with Gasteiger partial charge in [0.2, 0.25) is 0 Å². The lowest BCUT2D eigenvalue weighted by molar-refractivity contribution is -0.384. The minimum atomic E-state index is -0.419. The van der Waals surface area contributed by atoms with Crippen LogP contribution in [0.25, 0.3) is 5.69 Å². The number of carbonyl (C=O) groups excluding carboxylic acids is 1. The molecule has 0 amide bonds. The maximum Gasteiger partial charge on any atom is 0.269 e. The van der Waals surface area contributed by atoms with Gasteiger partial charge >= 0.3 is 0 Å². The van der Waals surface area contributed by atoms with Gasteiger partial charge in [-0.1, -0.05) is 6.92 Å². The van der Waals surface area contributed by atoms with Crippen LogP contribution in [0.2, 0.25) is 0 Å². The molecule has 2 aromatic rings. The van der Waals surface area contributed by atoms with Crippen molar-refractivity contribution in [1.29, 1.82) is 0 Å². The van der Waals surface area contributed by atoms with Crippen LogP contribution in [-0.4, -0.2) is 40.3 Å². The van der Waals surface area contributed by atoms with E-state index < -0.39 is 4.92 Å². The maximum absolute atomic E-state index is 12.5. The van der Waals surface area contributed by atoms with Crippen LogP contribution in [-0.2, 0) is 0 Å². The molecule has 0 fully saturated rings. The summed E-state index contributed by atoms with van der Waals surface area (Å²) in [7, 11) is 1.94. The summed E-state index contributed by atoms with van der Waals surface area (Å²) in [4.78, 5) is 24.9. The Hall–Kier alpha value is -2.47.